The molecule has 1 amide bonds. The number of benzene rings is 1. The molecule has 2 aliphatic rings. The Labute approximate surface area is 174 Å². The van der Waals surface area contributed by atoms with Crippen LogP contribution in [0.2, 0.25) is 0 Å². The number of hydrogen-bond acceptors (Lipinski definition) is 4. The topological polar surface area (TPSA) is 44.6 Å². The number of aryl methyl sites for hydroxylation is 3. The van der Waals surface area contributed by atoms with Crippen LogP contribution in [0.25, 0.3) is 0 Å². The summed E-state index contributed by atoms with van der Waals surface area (Å²) in [7, 11) is 5.92. The lowest BCUT2D eigenvalue weighted by Gasteiger charge is -2.31. The smallest absolute Gasteiger partial charge is 0.237 e. The van der Waals surface area contributed by atoms with Crippen LogP contribution in [0.5, 0.6) is 0 Å². The lowest BCUT2D eigenvalue weighted by Crippen LogP contribution is -2.40. The van der Waals surface area contributed by atoms with Crippen LogP contribution in [0.1, 0.15) is 28.4 Å². The summed E-state index contributed by atoms with van der Waals surface area (Å²) in [6, 6.07) is 8.75. The molecule has 2 aliphatic heterocycles. The first-order valence-electron chi connectivity index (χ1n) is 10.5. The van der Waals surface area contributed by atoms with E-state index in [0.29, 0.717) is 18.4 Å². The zero-order chi connectivity index (χ0) is 20.7. The maximum Gasteiger partial charge on any atom is 0.237 e. The van der Waals surface area contributed by atoms with Crippen LogP contribution in [0.3, 0.4) is 0 Å². The lowest BCUT2D eigenvalue weighted by molar-refractivity contribution is -0.133. The van der Waals surface area contributed by atoms with Gasteiger partial charge in [-0.2, -0.15) is 5.10 Å². The zero-order valence-corrected chi connectivity index (χ0v) is 18.3. The van der Waals surface area contributed by atoms with Crippen molar-refractivity contribution in [1.82, 2.24) is 24.5 Å². The number of aromatic nitrogens is 2. The second-order valence-corrected chi connectivity index (χ2v) is 9.12. The Bertz CT molecular complexity index is 889. The maximum atomic E-state index is 13.1. The molecular weight excluding hydrogens is 362 g/mol. The van der Waals surface area contributed by atoms with Gasteiger partial charge in [0.15, 0.2) is 0 Å². The van der Waals surface area contributed by atoms with Gasteiger partial charge in [0.05, 0.1) is 18.3 Å². The van der Waals surface area contributed by atoms with Crippen molar-refractivity contribution in [2.45, 2.75) is 26.4 Å². The number of amides is 1. The molecule has 0 unspecified atom stereocenters. The molecule has 2 fully saturated rings. The highest BCUT2D eigenvalue weighted by Crippen LogP contribution is 2.46. The molecule has 0 saturated carbocycles. The highest BCUT2D eigenvalue weighted by atomic mass is 16.2. The normalized spacial score (nSPS) is 24.5. The number of carbonyl (C=O) groups is 1. The summed E-state index contributed by atoms with van der Waals surface area (Å²) in [6.07, 6.45) is 2.13. The molecule has 0 aliphatic carbocycles. The fraction of sp³-hybridized carbons (Fsp3) is 0.565. The number of rotatable bonds is 5. The van der Waals surface area contributed by atoms with E-state index in [-0.39, 0.29) is 11.9 Å². The Balaban J connectivity index is 1.57. The Morgan fingerprint density at radius 1 is 1.17 bits per heavy atom. The van der Waals surface area contributed by atoms with Crippen molar-refractivity contribution in [2.24, 2.45) is 18.9 Å². The molecular formula is C23H33N5O. The monoisotopic (exact) mass is 395 g/mol. The van der Waals surface area contributed by atoms with Crippen molar-refractivity contribution in [2.75, 3.05) is 40.3 Å². The predicted octanol–water partition coefficient (Wildman–Crippen LogP) is 2.23. The molecule has 4 rings (SSSR count). The summed E-state index contributed by atoms with van der Waals surface area (Å²) in [5.74, 6) is 1.26. The first-order chi connectivity index (χ1) is 13.8. The highest BCUT2D eigenvalue weighted by molar-refractivity contribution is 5.79. The lowest BCUT2D eigenvalue weighted by atomic mass is 9.87. The highest BCUT2D eigenvalue weighted by Gasteiger charge is 2.49. The van der Waals surface area contributed by atoms with Gasteiger partial charge in [-0.05, 0) is 45.0 Å². The zero-order valence-electron chi connectivity index (χ0n) is 18.3. The standard InChI is InChI=1S/C23H33N5O/c1-16-8-6-7-9-20(16)23-21-14-27(11-18-10-26(5)24-17(18)2)12-19(21)13-28(23)22(29)15-25(3)4/h6-10,19,21,23H,11-15H2,1-5H3/t19-,21-,23+/m1/s1. The van der Waals surface area contributed by atoms with Gasteiger partial charge in [-0.25, -0.2) is 0 Å². The molecule has 6 nitrogen and oxygen atoms in total. The van der Waals surface area contributed by atoms with E-state index < -0.39 is 0 Å². The number of nitrogens with zero attached hydrogens (tertiary/aromatic N) is 5. The molecule has 2 saturated heterocycles. The van der Waals surface area contributed by atoms with Crippen molar-refractivity contribution in [1.29, 1.82) is 0 Å². The first kappa shape index (κ1) is 20.1. The van der Waals surface area contributed by atoms with Gasteiger partial charge < -0.3 is 9.80 Å². The molecule has 3 heterocycles. The van der Waals surface area contributed by atoms with Crippen molar-refractivity contribution >= 4 is 5.91 Å². The Kier molecular flexibility index (Phi) is 5.49. The van der Waals surface area contributed by atoms with Crippen LogP contribution in [-0.2, 0) is 18.4 Å². The van der Waals surface area contributed by atoms with E-state index in [2.05, 4.69) is 59.2 Å². The molecule has 29 heavy (non-hydrogen) atoms. The van der Waals surface area contributed by atoms with Crippen LogP contribution >= 0.6 is 0 Å². The first-order valence-corrected chi connectivity index (χ1v) is 10.5. The number of carbonyl (C=O) groups excluding carboxylic acids is 1. The molecule has 0 spiro atoms. The number of hydrogen-bond donors (Lipinski definition) is 0. The minimum Gasteiger partial charge on any atom is -0.334 e. The minimum absolute atomic E-state index is 0.175. The molecule has 3 atom stereocenters. The second kappa shape index (κ2) is 7.92. The molecule has 0 bridgehead atoms. The molecule has 156 valence electrons. The van der Waals surface area contributed by atoms with E-state index in [1.165, 1.54) is 16.7 Å². The summed E-state index contributed by atoms with van der Waals surface area (Å²) < 4.78 is 1.90. The van der Waals surface area contributed by atoms with Gasteiger partial charge in [0.2, 0.25) is 5.91 Å². The molecule has 6 heteroatoms. The van der Waals surface area contributed by atoms with Gasteiger partial charge in [0.1, 0.15) is 0 Å². The van der Waals surface area contributed by atoms with Gasteiger partial charge in [-0.15, -0.1) is 0 Å². The number of likely N-dealkylation sites (N-methyl/N-ethyl adjacent to an activating group) is 1. The van der Waals surface area contributed by atoms with Crippen LogP contribution in [0, 0.1) is 25.7 Å². The van der Waals surface area contributed by atoms with Crippen molar-refractivity contribution in [3.8, 4) is 0 Å². The fourth-order valence-corrected chi connectivity index (χ4v) is 5.25. The summed E-state index contributed by atoms with van der Waals surface area (Å²) in [5.41, 5.74) is 5.01. The molecule has 0 N–H and O–H groups in total. The van der Waals surface area contributed by atoms with E-state index in [1.54, 1.807) is 0 Å². The van der Waals surface area contributed by atoms with Crippen LogP contribution in [-0.4, -0.2) is 70.7 Å². The Morgan fingerprint density at radius 3 is 2.59 bits per heavy atom. The van der Waals surface area contributed by atoms with Crippen molar-refractivity contribution < 1.29 is 4.79 Å². The van der Waals surface area contributed by atoms with Crippen LogP contribution in [0.4, 0.5) is 0 Å². The van der Waals surface area contributed by atoms with E-state index in [1.807, 2.05) is 30.7 Å². The Morgan fingerprint density at radius 2 is 1.93 bits per heavy atom. The summed E-state index contributed by atoms with van der Waals surface area (Å²) in [6.45, 7) is 8.61. The molecule has 1 aromatic heterocycles. The van der Waals surface area contributed by atoms with E-state index in [9.17, 15) is 4.79 Å². The molecule has 0 radical (unpaired) electrons. The van der Waals surface area contributed by atoms with Crippen molar-refractivity contribution in [3.63, 3.8) is 0 Å². The fourth-order valence-electron chi connectivity index (χ4n) is 5.25. The SMILES string of the molecule is Cc1ccccc1[C@H]1[C@@H]2CN(Cc3cn(C)nc3C)C[C@@H]2CN1C(=O)CN(C)C. The van der Waals surface area contributed by atoms with Gasteiger partial charge in [0.25, 0.3) is 0 Å². The average Bonchev–Trinajstić information content (AvgIpc) is 3.27. The van der Waals surface area contributed by atoms with Crippen LogP contribution in [0.15, 0.2) is 30.5 Å². The summed E-state index contributed by atoms with van der Waals surface area (Å²) in [5, 5.41) is 4.49. The Hall–Kier alpha value is -2.18. The second-order valence-electron chi connectivity index (χ2n) is 9.12. The van der Waals surface area contributed by atoms with E-state index in [4.69, 9.17) is 0 Å². The number of likely N-dealkylation sites (tertiary alicyclic amines) is 2. The number of fused-ring (bicyclic) bond motifs is 1. The van der Waals surface area contributed by atoms with Gasteiger partial charge in [-0.1, -0.05) is 24.3 Å². The largest absolute Gasteiger partial charge is 0.334 e. The average molecular weight is 396 g/mol. The van der Waals surface area contributed by atoms with E-state index >= 15 is 0 Å². The third-order valence-corrected chi connectivity index (χ3v) is 6.53. The molecule has 2 aromatic rings. The quantitative estimate of drug-likeness (QED) is 0.779. The summed E-state index contributed by atoms with van der Waals surface area (Å²) in [4.78, 5) is 19.7. The van der Waals surface area contributed by atoms with Gasteiger partial charge in [-0.3, -0.25) is 14.4 Å². The maximum absolute atomic E-state index is 13.1. The van der Waals surface area contributed by atoms with Crippen molar-refractivity contribution in [3.05, 3.63) is 52.8 Å². The summed E-state index contributed by atoms with van der Waals surface area (Å²) >= 11 is 0. The van der Waals surface area contributed by atoms with Crippen LogP contribution < -0.4 is 0 Å². The molecule has 1 aromatic carbocycles. The third kappa shape index (κ3) is 3.96. The van der Waals surface area contributed by atoms with Gasteiger partial charge >= 0.3 is 0 Å². The van der Waals surface area contributed by atoms with E-state index in [0.717, 1.165) is 31.9 Å². The van der Waals surface area contributed by atoms with Gasteiger partial charge in [0, 0.05) is 50.9 Å². The third-order valence-electron chi connectivity index (χ3n) is 6.53. The predicted molar refractivity (Wildman–Crippen MR) is 114 cm³/mol. The minimum atomic E-state index is 0.175.